The summed E-state index contributed by atoms with van der Waals surface area (Å²) in [6.07, 6.45) is 3.61. The highest BCUT2D eigenvalue weighted by molar-refractivity contribution is 9.10. The molecule has 0 saturated carbocycles. The third-order valence-electron chi connectivity index (χ3n) is 4.92. The van der Waals surface area contributed by atoms with Gasteiger partial charge in [-0.2, -0.15) is 15.3 Å². The molecule has 0 atom stereocenters. The largest absolute Gasteiger partial charge is 0.304 e. The van der Waals surface area contributed by atoms with E-state index in [1.54, 1.807) is 27.7 Å². The van der Waals surface area contributed by atoms with Gasteiger partial charge in [0.2, 0.25) is 0 Å². The van der Waals surface area contributed by atoms with Gasteiger partial charge in [0.25, 0.3) is 5.91 Å². The van der Waals surface area contributed by atoms with Crippen molar-refractivity contribution in [1.29, 1.82) is 0 Å². The number of nitrogens with zero attached hydrogens (tertiary/aromatic N) is 6. The zero-order valence-corrected chi connectivity index (χ0v) is 18.6. The van der Waals surface area contributed by atoms with Gasteiger partial charge in [0.15, 0.2) is 11.5 Å². The van der Waals surface area contributed by atoms with Gasteiger partial charge in [0.05, 0.1) is 22.4 Å². The molecular weight excluding hydrogens is 446 g/mol. The fourth-order valence-corrected chi connectivity index (χ4v) is 3.45. The average Bonchev–Trinajstić information content (AvgIpc) is 3.42. The molecule has 154 valence electrons. The van der Waals surface area contributed by atoms with Crippen LogP contribution in [0.5, 0.6) is 0 Å². The van der Waals surface area contributed by atoms with E-state index in [4.69, 9.17) is 0 Å². The van der Waals surface area contributed by atoms with Gasteiger partial charge in [-0.05, 0) is 53.9 Å². The Kier molecular flexibility index (Phi) is 5.54. The molecule has 4 aromatic rings. The molecule has 0 aliphatic heterocycles. The summed E-state index contributed by atoms with van der Waals surface area (Å²) in [6, 6.07) is 11.6. The van der Waals surface area contributed by atoms with Gasteiger partial charge in [-0.25, -0.2) is 4.68 Å². The Morgan fingerprint density at radius 3 is 2.50 bits per heavy atom. The van der Waals surface area contributed by atoms with E-state index in [1.807, 2.05) is 36.9 Å². The number of nitrogens with one attached hydrogen (secondary N) is 1. The number of hydrogen-bond donors (Lipinski definition) is 1. The van der Waals surface area contributed by atoms with E-state index in [2.05, 4.69) is 55.6 Å². The van der Waals surface area contributed by atoms with Crippen molar-refractivity contribution in [3.8, 4) is 0 Å². The number of carbonyl (C=O) groups is 1. The lowest BCUT2D eigenvalue weighted by molar-refractivity contribution is 0.102. The summed E-state index contributed by atoms with van der Waals surface area (Å²) in [5.41, 5.74) is 4.64. The van der Waals surface area contributed by atoms with Crippen molar-refractivity contribution in [2.75, 3.05) is 5.32 Å². The second kappa shape index (κ2) is 8.27. The minimum atomic E-state index is -0.301. The summed E-state index contributed by atoms with van der Waals surface area (Å²) in [5, 5.41) is 16.1. The molecule has 4 rings (SSSR count). The topological polar surface area (TPSA) is 82.6 Å². The number of benzene rings is 1. The molecule has 30 heavy (non-hydrogen) atoms. The van der Waals surface area contributed by atoms with Gasteiger partial charge in [0, 0.05) is 18.5 Å². The van der Waals surface area contributed by atoms with Crippen molar-refractivity contribution in [2.45, 2.75) is 34.0 Å². The second-order valence-electron chi connectivity index (χ2n) is 7.15. The molecule has 9 heteroatoms. The van der Waals surface area contributed by atoms with Crippen molar-refractivity contribution < 1.29 is 4.79 Å². The van der Waals surface area contributed by atoms with Crippen molar-refractivity contribution >= 4 is 27.7 Å². The first-order chi connectivity index (χ1) is 14.4. The highest BCUT2D eigenvalue weighted by Crippen LogP contribution is 2.19. The second-order valence-corrected chi connectivity index (χ2v) is 7.94. The predicted molar refractivity (Wildman–Crippen MR) is 117 cm³/mol. The molecule has 0 saturated heterocycles. The van der Waals surface area contributed by atoms with E-state index >= 15 is 0 Å². The Bertz CT molecular complexity index is 1200. The highest BCUT2D eigenvalue weighted by atomic mass is 79.9. The van der Waals surface area contributed by atoms with Crippen LogP contribution in [-0.4, -0.2) is 35.2 Å². The summed E-state index contributed by atoms with van der Waals surface area (Å²) >= 11 is 3.52. The molecule has 0 aliphatic carbocycles. The van der Waals surface area contributed by atoms with Crippen LogP contribution in [0.4, 0.5) is 5.82 Å². The minimum Gasteiger partial charge on any atom is -0.304 e. The van der Waals surface area contributed by atoms with Gasteiger partial charge in [-0.15, -0.1) is 0 Å². The van der Waals surface area contributed by atoms with E-state index in [0.29, 0.717) is 24.7 Å². The summed E-state index contributed by atoms with van der Waals surface area (Å²) in [4.78, 5) is 12.6. The Morgan fingerprint density at radius 2 is 1.77 bits per heavy atom. The number of aromatic nitrogens is 6. The quantitative estimate of drug-likeness (QED) is 0.467. The number of carbonyl (C=O) groups excluding carboxylic acids is 1. The molecule has 0 aliphatic rings. The summed E-state index contributed by atoms with van der Waals surface area (Å²) in [6.45, 7) is 7.07. The molecule has 0 unspecified atom stereocenters. The van der Waals surface area contributed by atoms with Gasteiger partial charge < -0.3 is 5.32 Å². The first-order valence-corrected chi connectivity index (χ1v) is 10.3. The standard InChI is InChI=1S/C21H22BrN7O/c1-14-6-4-5-7-17(14)12-27-11-9-19(26-27)23-21(30)18-8-10-28(25-18)13-29-16(3)20(22)15(2)24-29/h4-11H,12-13H2,1-3H3,(H,23,26,30). The SMILES string of the molecule is Cc1ccccc1Cn1ccc(NC(=O)c2ccn(Cn3nc(C)c(Br)c3C)n2)n1. The molecular formula is C21H22BrN7O. The van der Waals surface area contributed by atoms with Crippen molar-refractivity contribution in [1.82, 2.24) is 29.3 Å². The highest BCUT2D eigenvalue weighted by Gasteiger charge is 2.13. The molecule has 1 N–H and O–H groups in total. The molecule has 3 heterocycles. The Labute approximate surface area is 182 Å². The number of amides is 1. The zero-order valence-electron chi connectivity index (χ0n) is 17.0. The molecule has 0 bridgehead atoms. The number of aryl methyl sites for hydroxylation is 2. The molecule has 1 amide bonds. The summed E-state index contributed by atoms with van der Waals surface area (Å²) < 4.78 is 6.30. The first-order valence-electron chi connectivity index (χ1n) is 9.53. The van der Waals surface area contributed by atoms with Crippen molar-refractivity contribution in [3.63, 3.8) is 0 Å². The third-order valence-corrected chi connectivity index (χ3v) is 6.07. The third kappa shape index (κ3) is 4.20. The smallest absolute Gasteiger partial charge is 0.277 e. The Balaban J connectivity index is 1.41. The maximum atomic E-state index is 12.6. The van der Waals surface area contributed by atoms with Gasteiger partial charge in [-0.3, -0.25) is 14.2 Å². The van der Waals surface area contributed by atoms with Crippen LogP contribution in [0.1, 0.15) is 33.0 Å². The van der Waals surface area contributed by atoms with E-state index in [9.17, 15) is 4.79 Å². The summed E-state index contributed by atoms with van der Waals surface area (Å²) in [5.74, 6) is 0.190. The van der Waals surface area contributed by atoms with Crippen LogP contribution in [0.15, 0.2) is 53.3 Å². The fourth-order valence-electron chi connectivity index (χ4n) is 3.17. The molecule has 3 aromatic heterocycles. The molecule has 1 aromatic carbocycles. The van der Waals surface area contributed by atoms with Crippen molar-refractivity contribution in [2.24, 2.45) is 0 Å². The molecule has 0 spiro atoms. The Hall–Kier alpha value is -3.20. The van der Waals surface area contributed by atoms with Crippen LogP contribution in [0, 0.1) is 20.8 Å². The number of halogens is 1. The molecule has 8 nitrogen and oxygen atoms in total. The fraction of sp³-hybridized carbons (Fsp3) is 0.238. The van der Waals surface area contributed by atoms with E-state index in [-0.39, 0.29) is 5.91 Å². The minimum absolute atomic E-state index is 0.301. The lowest BCUT2D eigenvalue weighted by Gasteiger charge is -2.05. The maximum absolute atomic E-state index is 12.6. The number of hydrogen-bond acceptors (Lipinski definition) is 4. The van der Waals surface area contributed by atoms with Gasteiger partial charge in [-0.1, -0.05) is 24.3 Å². The first kappa shape index (κ1) is 20.1. The lowest BCUT2D eigenvalue weighted by Crippen LogP contribution is -2.16. The molecule has 0 radical (unpaired) electrons. The normalized spacial score (nSPS) is 11.1. The summed E-state index contributed by atoms with van der Waals surface area (Å²) in [7, 11) is 0. The zero-order chi connectivity index (χ0) is 21.3. The van der Waals surface area contributed by atoms with E-state index in [1.165, 1.54) is 11.1 Å². The van der Waals surface area contributed by atoms with Gasteiger partial charge in [0.1, 0.15) is 6.67 Å². The van der Waals surface area contributed by atoms with Gasteiger partial charge >= 0.3 is 0 Å². The van der Waals surface area contributed by atoms with Crippen LogP contribution >= 0.6 is 15.9 Å². The maximum Gasteiger partial charge on any atom is 0.277 e. The van der Waals surface area contributed by atoms with Crippen LogP contribution in [0.3, 0.4) is 0 Å². The number of rotatable bonds is 6. The predicted octanol–water partition coefficient (Wildman–Crippen LogP) is 3.77. The lowest BCUT2D eigenvalue weighted by atomic mass is 10.1. The average molecular weight is 468 g/mol. The van der Waals surface area contributed by atoms with Crippen LogP contribution in [0.2, 0.25) is 0 Å². The van der Waals surface area contributed by atoms with Crippen LogP contribution < -0.4 is 5.32 Å². The van der Waals surface area contributed by atoms with Crippen molar-refractivity contribution in [3.05, 3.63) is 81.5 Å². The van der Waals surface area contributed by atoms with Crippen LogP contribution in [0.25, 0.3) is 0 Å². The monoisotopic (exact) mass is 467 g/mol. The Morgan fingerprint density at radius 1 is 1.00 bits per heavy atom. The molecule has 0 fully saturated rings. The van der Waals surface area contributed by atoms with E-state index < -0.39 is 0 Å². The van der Waals surface area contributed by atoms with E-state index in [0.717, 1.165) is 15.9 Å². The number of anilines is 1. The van der Waals surface area contributed by atoms with Crippen LogP contribution in [-0.2, 0) is 13.2 Å².